The average molecular weight is 490 g/mol. The lowest BCUT2D eigenvalue weighted by Gasteiger charge is -2.28. The third-order valence-electron chi connectivity index (χ3n) is 4.88. The van der Waals surface area contributed by atoms with Crippen molar-refractivity contribution < 1.29 is 24.0 Å². The van der Waals surface area contributed by atoms with E-state index in [2.05, 4.69) is 21.3 Å². The molecule has 11 heteroatoms. The van der Waals surface area contributed by atoms with E-state index in [1.807, 2.05) is 13.8 Å². The summed E-state index contributed by atoms with van der Waals surface area (Å²) in [6, 6.07) is -2.20. The standard InChI is InChI=1S/C22H40ClN5O5/c1-14(2)18(28-16(29)10-6-7-11-25-17(30)13-23)20(32)27-15(19(31)22(3,4)5)9-8-12-26-21(24)33/h14-15,18H,6-13H2,1-5H3,(H,25,30)(H,27,32)(H,28,29)(H3,24,26,33)/t15-,18-/m0/s1. The molecule has 0 rings (SSSR count). The summed E-state index contributed by atoms with van der Waals surface area (Å²) >= 11 is 5.40. The number of amides is 5. The molecule has 0 fully saturated rings. The first-order valence-corrected chi connectivity index (χ1v) is 11.8. The Bertz CT molecular complexity index is 679. The number of carbonyl (C=O) groups excluding carboxylic acids is 5. The monoisotopic (exact) mass is 489 g/mol. The Morgan fingerprint density at radius 2 is 1.48 bits per heavy atom. The number of halogens is 1. The SMILES string of the molecule is CC(C)[C@H](NC(=O)CCCCNC(=O)CCl)C(=O)N[C@@H](CCCNC(N)=O)C(=O)C(C)(C)C. The number of urea groups is 1. The van der Waals surface area contributed by atoms with Gasteiger partial charge in [0.25, 0.3) is 0 Å². The molecule has 0 unspecified atom stereocenters. The summed E-state index contributed by atoms with van der Waals surface area (Å²) < 4.78 is 0. The van der Waals surface area contributed by atoms with Gasteiger partial charge in [0, 0.05) is 24.9 Å². The molecule has 0 radical (unpaired) electrons. The molecule has 0 saturated heterocycles. The molecule has 0 spiro atoms. The number of ketones is 1. The topological polar surface area (TPSA) is 159 Å². The summed E-state index contributed by atoms with van der Waals surface area (Å²) in [6.45, 7) is 9.64. The van der Waals surface area contributed by atoms with Gasteiger partial charge in [0.15, 0.2) is 5.78 Å². The Hall–Kier alpha value is -2.36. The average Bonchev–Trinajstić information content (AvgIpc) is 2.71. The van der Waals surface area contributed by atoms with Crippen molar-refractivity contribution in [2.24, 2.45) is 17.1 Å². The largest absolute Gasteiger partial charge is 0.355 e. The number of nitrogens with two attached hydrogens (primary N) is 1. The maximum atomic E-state index is 13.0. The maximum absolute atomic E-state index is 13.0. The lowest BCUT2D eigenvalue weighted by Crippen LogP contribution is -2.55. The van der Waals surface area contributed by atoms with E-state index in [1.54, 1.807) is 20.8 Å². The molecule has 5 amide bonds. The molecule has 0 aliphatic rings. The maximum Gasteiger partial charge on any atom is 0.312 e. The van der Waals surface area contributed by atoms with Gasteiger partial charge >= 0.3 is 6.03 Å². The van der Waals surface area contributed by atoms with Crippen LogP contribution in [0.2, 0.25) is 0 Å². The van der Waals surface area contributed by atoms with Gasteiger partial charge in [-0.2, -0.15) is 0 Å². The summed E-state index contributed by atoms with van der Waals surface area (Å²) in [5, 5.41) is 10.6. The van der Waals surface area contributed by atoms with Crippen LogP contribution in [-0.4, -0.2) is 60.6 Å². The molecule has 2 atom stereocenters. The van der Waals surface area contributed by atoms with Crippen molar-refractivity contribution in [3.63, 3.8) is 0 Å². The Kier molecular flexibility index (Phi) is 14.4. The lowest BCUT2D eigenvalue weighted by atomic mass is 9.84. The van der Waals surface area contributed by atoms with Crippen LogP contribution in [0.15, 0.2) is 0 Å². The van der Waals surface area contributed by atoms with E-state index in [0.29, 0.717) is 32.2 Å². The van der Waals surface area contributed by atoms with Crippen LogP contribution in [0.1, 0.15) is 66.7 Å². The number of nitrogens with one attached hydrogen (secondary N) is 4. The normalized spacial score (nSPS) is 13.1. The Morgan fingerprint density at radius 3 is 2.00 bits per heavy atom. The van der Waals surface area contributed by atoms with Gasteiger partial charge in [0.05, 0.1) is 6.04 Å². The van der Waals surface area contributed by atoms with Gasteiger partial charge in [-0.05, 0) is 31.6 Å². The van der Waals surface area contributed by atoms with Gasteiger partial charge in [-0.15, -0.1) is 11.6 Å². The number of rotatable bonds is 15. The van der Waals surface area contributed by atoms with Gasteiger partial charge in [0.1, 0.15) is 11.9 Å². The molecular formula is C22H40ClN5O5. The minimum absolute atomic E-state index is 0.105. The predicted molar refractivity (Wildman–Crippen MR) is 128 cm³/mol. The fourth-order valence-corrected chi connectivity index (χ4v) is 3.13. The van der Waals surface area contributed by atoms with Gasteiger partial charge < -0.3 is 27.0 Å². The third kappa shape index (κ3) is 13.7. The number of hydrogen-bond acceptors (Lipinski definition) is 5. The number of primary amides is 1. The van der Waals surface area contributed by atoms with E-state index in [1.165, 1.54) is 0 Å². The highest BCUT2D eigenvalue weighted by atomic mass is 35.5. The van der Waals surface area contributed by atoms with Crippen molar-refractivity contribution in [2.45, 2.75) is 78.8 Å². The van der Waals surface area contributed by atoms with Crippen LogP contribution in [0.25, 0.3) is 0 Å². The highest BCUT2D eigenvalue weighted by molar-refractivity contribution is 6.27. The van der Waals surface area contributed by atoms with Gasteiger partial charge in [-0.1, -0.05) is 34.6 Å². The zero-order chi connectivity index (χ0) is 25.6. The Morgan fingerprint density at radius 1 is 0.879 bits per heavy atom. The van der Waals surface area contributed by atoms with Gasteiger partial charge in [0.2, 0.25) is 17.7 Å². The minimum Gasteiger partial charge on any atom is -0.355 e. The highest BCUT2D eigenvalue weighted by Gasteiger charge is 2.33. The van der Waals surface area contributed by atoms with E-state index in [-0.39, 0.29) is 42.4 Å². The fourth-order valence-electron chi connectivity index (χ4n) is 3.04. The summed E-state index contributed by atoms with van der Waals surface area (Å²) in [5.74, 6) is -1.41. The van der Waals surface area contributed by atoms with E-state index in [4.69, 9.17) is 17.3 Å². The molecule has 10 nitrogen and oxygen atoms in total. The molecule has 0 aromatic heterocycles. The molecule has 0 aromatic carbocycles. The van der Waals surface area contributed by atoms with Crippen LogP contribution in [-0.2, 0) is 19.2 Å². The molecule has 0 aromatic rings. The van der Waals surface area contributed by atoms with E-state index in [9.17, 15) is 24.0 Å². The number of Topliss-reactive ketones (excluding diaryl/α,β-unsaturated/α-hetero) is 1. The molecule has 0 aliphatic heterocycles. The second kappa shape index (κ2) is 15.5. The molecule has 190 valence electrons. The van der Waals surface area contributed by atoms with Crippen LogP contribution < -0.4 is 27.0 Å². The molecule has 0 heterocycles. The third-order valence-corrected chi connectivity index (χ3v) is 5.12. The molecule has 0 bridgehead atoms. The van der Waals surface area contributed by atoms with Crippen LogP contribution >= 0.6 is 11.6 Å². The van der Waals surface area contributed by atoms with Crippen molar-refractivity contribution in [1.29, 1.82) is 0 Å². The van der Waals surface area contributed by atoms with Crippen molar-refractivity contribution in [3.8, 4) is 0 Å². The number of alkyl halides is 1. The first kappa shape index (κ1) is 30.6. The molecule has 6 N–H and O–H groups in total. The number of unbranched alkanes of at least 4 members (excludes halogenated alkanes) is 1. The number of hydrogen-bond donors (Lipinski definition) is 5. The second-order valence-electron chi connectivity index (χ2n) is 9.34. The first-order chi connectivity index (χ1) is 15.3. The van der Waals surface area contributed by atoms with Crippen molar-refractivity contribution in [1.82, 2.24) is 21.3 Å². The molecule has 0 aliphatic carbocycles. The first-order valence-electron chi connectivity index (χ1n) is 11.3. The van der Waals surface area contributed by atoms with Gasteiger partial charge in [-0.3, -0.25) is 19.2 Å². The summed E-state index contributed by atoms with van der Waals surface area (Å²) in [6.07, 6.45) is 2.13. The summed E-state index contributed by atoms with van der Waals surface area (Å²) in [5.41, 5.74) is 4.38. The van der Waals surface area contributed by atoms with Crippen molar-refractivity contribution in [3.05, 3.63) is 0 Å². The molecule has 0 saturated carbocycles. The summed E-state index contributed by atoms with van der Waals surface area (Å²) in [4.78, 5) is 60.1. The lowest BCUT2D eigenvalue weighted by molar-refractivity contribution is -0.135. The minimum atomic E-state index is -0.799. The fraction of sp³-hybridized carbons (Fsp3) is 0.773. The van der Waals surface area contributed by atoms with Crippen LogP contribution in [0, 0.1) is 11.3 Å². The van der Waals surface area contributed by atoms with E-state index >= 15 is 0 Å². The zero-order valence-corrected chi connectivity index (χ0v) is 21.1. The molecular weight excluding hydrogens is 450 g/mol. The highest BCUT2D eigenvalue weighted by Crippen LogP contribution is 2.19. The number of carbonyl (C=O) groups is 5. The van der Waals surface area contributed by atoms with Crippen molar-refractivity contribution in [2.75, 3.05) is 19.0 Å². The van der Waals surface area contributed by atoms with Gasteiger partial charge in [-0.25, -0.2) is 4.79 Å². The smallest absolute Gasteiger partial charge is 0.312 e. The zero-order valence-electron chi connectivity index (χ0n) is 20.4. The van der Waals surface area contributed by atoms with E-state index in [0.717, 1.165) is 0 Å². The Balaban J connectivity index is 4.92. The van der Waals surface area contributed by atoms with Crippen LogP contribution in [0.5, 0.6) is 0 Å². The Labute approximate surface area is 201 Å². The quantitative estimate of drug-likeness (QED) is 0.172. The summed E-state index contributed by atoms with van der Waals surface area (Å²) in [7, 11) is 0. The van der Waals surface area contributed by atoms with Crippen molar-refractivity contribution >= 4 is 41.1 Å². The predicted octanol–water partition coefficient (Wildman–Crippen LogP) is 1.20. The van der Waals surface area contributed by atoms with Crippen LogP contribution in [0.3, 0.4) is 0 Å². The van der Waals surface area contributed by atoms with E-state index < -0.39 is 29.4 Å². The second-order valence-corrected chi connectivity index (χ2v) is 9.61. The van der Waals surface area contributed by atoms with Crippen LogP contribution in [0.4, 0.5) is 4.79 Å². The molecule has 33 heavy (non-hydrogen) atoms.